The molecule has 1 aromatic heterocycles. The molecule has 2 heterocycles. The monoisotopic (exact) mass is 236 g/mol. The quantitative estimate of drug-likeness (QED) is 0.706. The Balaban J connectivity index is 1.74. The number of hydrogen-bond donors (Lipinski definition) is 3. The van der Waals surface area contributed by atoms with Gasteiger partial charge in [-0.3, -0.25) is 4.90 Å². The molecule has 0 bridgehead atoms. The van der Waals surface area contributed by atoms with Gasteiger partial charge in [-0.25, -0.2) is 0 Å². The summed E-state index contributed by atoms with van der Waals surface area (Å²) in [6, 6.07) is 4.22. The van der Waals surface area contributed by atoms with E-state index in [1.54, 1.807) is 0 Å². The van der Waals surface area contributed by atoms with Crippen molar-refractivity contribution in [2.45, 2.75) is 19.3 Å². The van der Waals surface area contributed by atoms with Crippen LogP contribution in [0.4, 0.5) is 0 Å². The number of nitrogens with one attached hydrogen (secondary N) is 3. The van der Waals surface area contributed by atoms with E-state index >= 15 is 0 Å². The minimum absolute atomic E-state index is 0.164. The molecule has 0 aromatic carbocycles. The van der Waals surface area contributed by atoms with Gasteiger partial charge in [0.25, 0.3) is 0 Å². The van der Waals surface area contributed by atoms with E-state index in [4.69, 9.17) is 0 Å². The fourth-order valence-electron chi connectivity index (χ4n) is 2.24. The summed E-state index contributed by atoms with van der Waals surface area (Å²) in [5, 5.41) is 6.93. The Morgan fingerprint density at radius 1 is 1.35 bits per heavy atom. The van der Waals surface area contributed by atoms with E-state index in [9.17, 15) is 0 Å². The molecule has 1 saturated heterocycles. The first-order chi connectivity index (χ1) is 8.18. The van der Waals surface area contributed by atoms with Crippen molar-refractivity contribution >= 4 is 0 Å². The molecule has 4 heteroatoms. The van der Waals surface area contributed by atoms with Crippen LogP contribution in [0.15, 0.2) is 18.3 Å². The molecule has 1 aliphatic heterocycles. The summed E-state index contributed by atoms with van der Waals surface area (Å²) < 4.78 is 0. The number of aromatic nitrogens is 1. The fraction of sp³-hybridized carbons (Fsp3) is 0.692. The predicted octanol–water partition coefficient (Wildman–Crippen LogP) is 0.745. The second kappa shape index (κ2) is 5.67. The first-order valence-electron chi connectivity index (χ1n) is 6.46. The number of piperazine rings is 1. The van der Waals surface area contributed by atoms with Gasteiger partial charge < -0.3 is 15.6 Å². The van der Waals surface area contributed by atoms with Crippen molar-refractivity contribution in [3.8, 4) is 0 Å². The molecular weight excluding hydrogens is 212 g/mol. The predicted molar refractivity (Wildman–Crippen MR) is 71.1 cm³/mol. The number of nitrogens with zero attached hydrogens (tertiary/aromatic N) is 1. The highest BCUT2D eigenvalue weighted by molar-refractivity contribution is 5.15. The van der Waals surface area contributed by atoms with Gasteiger partial charge in [0.1, 0.15) is 0 Å². The second-order valence-electron chi connectivity index (χ2n) is 5.42. The largest absolute Gasteiger partial charge is 0.365 e. The Morgan fingerprint density at radius 2 is 2.12 bits per heavy atom. The molecule has 0 spiro atoms. The third kappa shape index (κ3) is 3.56. The zero-order valence-electron chi connectivity index (χ0n) is 10.9. The Morgan fingerprint density at radius 3 is 2.76 bits per heavy atom. The summed E-state index contributed by atoms with van der Waals surface area (Å²) in [6.45, 7) is 11.0. The molecule has 3 N–H and O–H groups in total. The maximum absolute atomic E-state index is 3.56. The van der Waals surface area contributed by atoms with E-state index in [-0.39, 0.29) is 5.41 Å². The Hall–Kier alpha value is -0.840. The van der Waals surface area contributed by atoms with Crippen molar-refractivity contribution in [2.24, 2.45) is 0 Å². The van der Waals surface area contributed by atoms with Gasteiger partial charge in [0.2, 0.25) is 0 Å². The third-order valence-electron chi connectivity index (χ3n) is 3.44. The smallest absolute Gasteiger partial charge is 0.0481 e. The van der Waals surface area contributed by atoms with Gasteiger partial charge in [-0.2, -0.15) is 0 Å². The zero-order chi connectivity index (χ0) is 12.1. The van der Waals surface area contributed by atoms with Gasteiger partial charge in [0, 0.05) is 56.7 Å². The molecule has 96 valence electrons. The van der Waals surface area contributed by atoms with Gasteiger partial charge in [-0.1, -0.05) is 13.8 Å². The topological polar surface area (TPSA) is 43.1 Å². The van der Waals surface area contributed by atoms with Crippen LogP contribution in [0, 0.1) is 0 Å². The van der Waals surface area contributed by atoms with Crippen molar-refractivity contribution in [1.29, 1.82) is 0 Å². The van der Waals surface area contributed by atoms with E-state index < -0.39 is 0 Å². The van der Waals surface area contributed by atoms with Crippen molar-refractivity contribution in [2.75, 3.05) is 39.4 Å². The highest BCUT2D eigenvalue weighted by Gasteiger charge is 2.21. The average Bonchev–Trinajstić information content (AvgIpc) is 2.84. The van der Waals surface area contributed by atoms with Crippen LogP contribution in [0.25, 0.3) is 0 Å². The van der Waals surface area contributed by atoms with Gasteiger partial charge in [0.05, 0.1) is 0 Å². The number of hydrogen-bond acceptors (Lipinski definition) is 3. The van der Waals surface area contributed by atoms with Crippen LogP contribution < -0.4 is 10.6 Å². The minimum atomic E-state index is 0.164. The molecule has 1 fully saturated rings. The Bertz CT molecular complexity index is 312. The first-order valence-corrected chi connectivity index (χ1v) is 6.46. The fourth-order valence-corrected chi connectivity index (χ4v) is 2.24. The van der Waals surface area contributed by atoms with Gasteiger partial charge in [-0.15, -0.1) is 0 Å². The highest BCUT2D eigenvalue weighted by Crippen LogP contribution is 2.19. The lowest BCUT2D eigenvalue weighted by Gasteiger charge is -2.30. The second-order valence-corrected chi connectivity index (χ2v) is 5.42. The van der Waals surface area contributed by atoms with Crippen LogP contribution in [-0.2, 0) is 5.41 Å². The standard InChI is InChI=1S/C13H24N4/c1-13(2,12-4-3-5-16-12)10-15-11-17-8-6-14-7-9-17/h3-5,14-16H,6-11H2,1-2H3. The molecule has 2 rings (SSSR count). The minimum Gasteiger partial charge on any atom is -0.365 e. The SMILES string of the molecule is CC(C)(CNCN1CCNCC1)c1ccc[nH]1. The van der Waals surface area contributed by atoms with Crippen molar-refractivity contribution in [3.63, 3.8) is 0 Å². The lowest BCUT2D eigenvalue weighted by Crippen LogP contribution is -2.48. The van der Waals surface area contributed by atoms with Crippen LogP contribution >= 0.6 is 0 Å². The summed E-state index contributed by atoms with van der Waals surface area (Å²) in [4.78, 5) is 5.76. The van der Waals surface area contributed by atoms with Crippen LogP contribution in [0.2, 0.25) is 0 Å². The number of H-pyrrole nitrogens is 1. The average molecular weight is 236 g/mol. The molecule has 4 nitrogen and oxygen atoms in total. The van der Waals surface area contributed by atoms with Crippen LogP contribution in [-0.4, -0.2) is 49.3 Å². The van der Waals surface area contributed by atoms with Crippen molar-refractivity contribution in [3.05, 3.63) is 24.0 Å². The van der Waals surface area contributed by atoms with Gasteiger partial charge >= 0.3 is 0 Å². The molecule has 0 saturated carbocycles. The molecule has 0 amide bonds. The molecule has 0 unspecified atom stereocenters. The van der Waals surface area contributed by atoms with E-state index in [1.165, 1.54) is 5.69 Å². The third-order valence-corrected chi connectivity index (χ3v) is 3.44. The molecular formula is C13H24N4. The summed E-state index contributed by atoms with van der Waals surface area (Å²) in [5.74, 6) is 0. The van der Waals surface area contributed by atoms with Crippen molar-refractivity contribution < 1.29 is 0 Å². The lowest BCUT2D eigenvalue weighted by atomic mass is 9.89. The Kier molecular flexibility index (Phi) is 4.20. The Labute approximate surface area is 104 Å². The van der Waals surface area contributed by atoms with E-state index in [0.29, 0.717) is 0 Å². The normalized spacial score (nSPS) is 18.5. The van der Waals surface area contributed by atoms with E-state index in [0.717, 1.165) is 39.4 Å². The van der Waals surface area contributed by atoms with E-state index in [2.05, 4.69) is 46.5 Å². The molecule has 17 heavy (non-hydrogen) atoms. The summed E-state index contributed by atoms with van der Waals surface area (Å²) in [7, 11) is 0. The van der Waals surface area contributed by atoms with Crippen LogP contribution in [0.5, 0.6) is 0 Å². The molecule has 1 aliphatic rings. The summed E-state index contributed by atoms with van der Waals surface area (Å²) in [5.41, 5.74) is 1.46. The molecule has 0 aliphatic carbocycles. The zero-order valence-corrected chi connectivity index (χ0v) is 10.9. The highest BCUT2D eigenvalue weighted by atomic mass is 15.3. The van der Waals surface area contributed by atoms with Gasteiger partial charge in [0.15, 0.2) is 0 Å². The number of rotatable bonds is 5. The van der Waals surface area contributed by atoms with Crippen molar-refractivity contribution in [1.82, 2.24) is 20.5 Å². The molecule has 0 radical (unpaired) electrons. The van der Waals surface area contributed by atoms with Gasteiger partial charge in [-0.05, 0) is 12.1 Å². The maximum atomic E-state index is 3.56. The van der Waals surface area contributed by atoms with Crippen LogP contribution in [0.3, 0.4) is 0 Å². The first kappa shape index (κ1) is 12.6. The van der Waals surface area contributed by atoms with E-state index in [1.807, 2.05) is 6.20 Å². The summed E-state index contributed by atoms with van der Waals surface area (Å²) >= 11 is 0. The molecule has 1 aromatic rings. The van der Waals surface area contributed by atoms with Crippen LogP contribution in [0.1, 0.15) is 19.5 Å². The lowest BCUT2D eigenvalue weighted by molar-refractivity contribution is 0.217. The molecule has 0 atom stereocenters. The number of aromatic amines is 1. The maximum Gasteiger partial charge on any atom is 0.0481 e. The summed E-state index contributed by atoms with van der Waals surface area (Å²) in [6.07, 6.45) is 1.99.